The molecule has 1 atom stereocenters. The zero-order chi connectivity index (χ0) is 19.4. The van der Waals surface area contributed by atoms with Gasteiger partial charge in [0.1, 0.15) is 17.4 Å². The summed E-state index contributed by atoms with van der Waals surface area (Å²) in [5, 5.41) is 2.91. The van der Waals surface area contributed by atoms with Gasteiger partial charge in [-0.05, 0) is 83.6 Å². The molecule has 2 fully saturated rings. The first-order valence-corrected chi connectivity index (χ1v) is 9.89. The van der Waals surface area contributed by atoms with Gasteiger partial charge in [0.05, 0.1) is 6.10 Å². The summed E-state index contributed by atoms with van der Waals surface area (Å²) in [7, 11) is 0. The number of nitrogens with one attached hydrogen (secondary N) is 1. The average molecular weight is 374 g/mol. The normalized spacial score (nSPS) is 20.6. The molecule has 0 bridgehead atoms. The smallest absolute Gasteiger partial charge is 0.410 e. The first-order chi connectivity index (χ1) is 12.8. The highest BCUT2D eigenvalue weighted by Gasteiger charge is 2.36. The molecule has 1 saturated carbocycles. The van der Waals surface area contributed by atoms with Crippen LogP contribution < -0.4 is 10.1 Å². The van der Waals surface area contributed by atoms with Crippen LogP contribution >= 0.6 is 0 Å². The molecule has 2 aliphatic rings. The number of likely N-dealkylation sites (tertiary alicyclic amines) is 1. The topological polar surface area (TPSA) is 67.9 Å². The summed E-state index contributed by atoms with van der Waals surface area (Å²) in [6.07, 6.45) is 6.01. The van der Waals surface area contributed by atoms with Gasteiger partial charge in [-0.2, -0.15) is 0 Å². The van der Waals surface area contributed by atoms with E-state index in [1.165, 1.54) is 17.7 Å². The van der Waals surface area contributed by atoms with Crippen molar-refractivity contribution in [3.8, 4) is 5.75 Å². The molecule has 0 radical (unpaired) electrons. The van der Waals surface area contributed by atoms with E-state index in [1.54, 1.807) is 0 Å². The van der Waals surface area contributed by atoms with Gasteiger partial charge in [-0.25, -0.2) is 4.79 Å². The lowest BCUT2D eigenvalue weighted by atomic mass is 10.2. The van der Waals surface area contributed by atoms with Crippen molar-refractivity contribution in [3.63, 3.8) is 0 Å². The van der Waals surface area contributed by atoms with E-state index >= 15 is 0 Å². The molecule has 0 spiro atoms. The zero-order valence-electron chi connectivity index (χ0n) is 16.5. The van der Waals surface area contributed by atoms with Crippen LogP contribution in [0, 0.1) is 0 Å². The second-order valence-electron chi connectivity index (χ2n) is 8.37. The van der Waals surface area contributed by atoms with Gasteiger partial charge in [-0.3, -0.25) is 9.69 Å². The molecule has 1 aromatic carbocycles. The Morgan fingerprint density at radius 3 is 2.33 bits per heavy atom. The lowest BCUT2D eigenvalue weighted by Crippen LogP contribution is -2.45. The van der Waals surface area contributed by atoms with Gasteiger partial charge in [0.15, 0.2) is 0 Å². The molecular formula is C21H30N2O4. The highest BCUT2D eigenvalue weighted by Crippen LogP contribution is 2.26. The number of carbonyl (C=O) groups is 2. The maximum Gasteiger partial charge on any atom is 0.410 e. The molecule has 1 aliphatic heterocycles. The molecule has 6 nitrogen and oxygen atoms in total. The van der Waals surface area contributed by atoms with Gasteiger partial charge in [-0.1, -0.05) is 0 Å². The summed E-state index contributed by atoms with van der Waals surface area (Å²) in [5.41, 5.74) is 0.130. The zero-order valence-corrected chi connectivity index (χ0v) is 16.5. The van der Waals surface area contributed by atoms with Crippen LogP contribution in [0.4, 0.5) is 10.5 Å². The Balaban J connectivity index is 1.56. The van der Waals surface area contributed by atoms with E-state index in [1.807, 2.05) is 45.0 Å². The fourth-order valence-electron chi connectivity index (χ4n) is 3.62. The van der Waals surface area contributed by atoms with E-state index in [-0.39, 0.29) is 5.91 Å². The SMILES string of the molecule is CC(C)(C)OC(=O)N1CCCC1C(=O)Nc1ccc(OC2CCCC2)cc1. The number of carbonyl (C=O) groups excluding carboxylic acids is 2. The Morgan fingerprint density at radius 1 is 1.04 bits per heavy atom. The minimum Gasteiger partial charge on any atom is -0.490 e. The summed E-state index contributed by atoms with van der Waals surface area (Å²) in [5.74, 6) is 0.652. The first-order valence-electron chi connectivity index (χ1n) is 9.89. The molecule has 1 aliphatic carbocycles. The molecule has 1 N–H and O–H groups in total. The van der Waals surface area contributed by atoms with E-state index in [4.69, 9.17) is 9.47 Å². The van der Waals surface area contributed by atoms with Crippen LogP contribution in [-0.4, -0.2) is 41.2 Å². The molecule has 1 aromatic rings. The standard InChI is InChI=1S/C21H30N2O4/c1-21(2,3)27-20(25)23-14-6-9-18(23)19(24)22-15-10-12-17(13-11-15)26-16-7-4-5-8-16/h10-13,16,18H,4-9,14H2,1-3H3,(H,22,24). The number of hydrogen-bond donors (Lipinski definition) is 1. The number of hydrogen-bond acceptors (Lipinski definition) is 4. The lowest BCUT2D eigenvalue weighted by Gasteiger charge is -2.28. The number of rotatable bonds is 4. The van der Waals surface area contributed by atoms with Crippen molar-refractivity contribution in [2.45, 2.75) is 77.0 Å². The largest absolute Gasteiger partial charge is 0.490 e. The molecule has 3 rings (SSSR count). The predicted molar refractivity (Wildman–Crippen MR) is 104 cm³/mol. The minimum atomic E-state index is -0.574. The van der Waals surface area contributed by atoms with Crippen molar-refractivity contribution < 1.29 is 19.1 Å². The van der Waals surface area contributed by atoms with Gasteiger partial charge >= 0.3 is 6.09 Å². The first kappa shape index (κ1) is 19.5. The third-order valence-electron chi connectivity index (χ3n) is 4.91. The average Bonchev–Trinajstić information content (AvgIpc) is 3.26. The van der Waals surface area contributed by atoms with E-state index in [2.05, 4.69) is 5.32 Å². The van der Waals surface area contributed by atoms with Crippen LogP contribution in [0.15, 0.2) is 24.3 Å². The van der Waals surface area contributed by atoms with E-state index < -0.39 is 17.7 Å². The number of anilines is 1. The monoisotopic (exact) mass is 374 g/mol. The molecule has 1 unspecified atom stereocenters. The predicted octanol–water partition coefficient (Wildman–Crippen LogP) is 4.35. The summed E-state index contributed by atoms with van der Waals surface area (Å²) in [4.78, 5) is 26.5. The van der Waals surface area contributed by atoms with Crippen LogP contribution in [0.1, 0.15) is 59.3 Å². The highest BCUT2D eigenvalue weighted by molar-refractivity contribution is 5.96. The van der Waals surface area contributed by atoms with E-state index in [9.17, 15) is 9.59 Å². The summed E-state index contributed by atoms with van der Waals surface area (Å²) in [6, 6.07) is 6.96. The van der Waals surface area contributed by atoms with Crippen LogP contribution in [0.3, 0.4) is 0 Å². The summed E-state index contributed by atoms with van der Waals surface area (Å²) >= 11 is 0. The van der Waals surface area contributed by atoms with Crippen molar-refractivity contribution in [1.82, 2.24) is 4.90 Å². The Kier molecular flexibility index (Phi) is 5.92. The van der Waals surface area contributed by atoms with Crippen molar-refractivity contribution in [2.24, 2.45) is 0 Å². The third kappa shape index (κ3) is 5.37. The second-order valence-corrected chi connectivity index (χ2v) is 8.37. The molecule has 1 heterocycles. The number of amides is 2. The molecule has 0 aromatic heterocycles. The van der Waals surface area contributed by atoms with Crippen LogP contribution in [-0.2, 0) is 9.53 Å². The Morgan fingerprint density at radius 2 is 1.70 bits per heavy atom. The maximum atomic E-state index is 12.7. The summed E-state index contributed by atoms with van der Waals surface area (Å²) < 4.78 is 11.4. The molecule has 148 valence electrons. The van der Waals surface area contributed by atoms with Crippen LogP contribution in [0.2, 0.25) is 0 Å². The fraction of sp³-hybridized carbons (Fsp3) is 0.619. The number of ether oxygens (including phenoxy) is 2. The maximum absolute atomic E-state index is 12.7. The Labute approximate surface area is 161 Å². The van der Waals surface area contributed by atoms with Crippen LogP contribution in [0.5, 0.6) is 5.75 Å². The molecule has 1 saturated heterocycles. The van der Waals surface area contributed by atoms with Gasteiger partial charge in [0, 0.05) is 12.2 Å². The van der Waals surface area contributed by atoms with Gasteiger partial charge in [0.25, 0.3) is 0 Å². The van der Waals surface area contributed by atoms with Gasteiger partial charge < -0.3 is 14.8 Å². The van der Waals surface area contributed by atoms with Gasteiger partial charge in [0.2, 0.25) is 5.91 Å². The van der Waals surface area contributed by atoms with E-state index in [0.717, 1.165) is 25.0 Å². The summed E-state index contributed by atoms with van der Waals surface area (Å²) in [6.45, 7) is 6.02. The molecular weight excluding hydrogens is 344 g/mol. The molecule has 6 heteroatoms. The quantitative estimate of drug-likeness (QED) is 0.851. The minimum absolute atomic E-state index is 0.178. The van der Waals surface area contributed by atoms with E-state index in [0.29, 0.717) is 24.8 Å². The fourth-order valence-corrected chi connectivity index (χ4v) is 3.62. The van der Waals surface area contributed by atoms with Crippen molar-refractivity contribution in [3.05, 3.63) is 24.3 Å². The van der Waals surface area contributed by atoms with Crippen molar-refractivity contribution in [1.29, 1.82) is 0 Å². The van der Waals surface area contributed by atoms with Crippen LogP contribution in [0.25, 0.3) is 0 Å². The van der Waals surface area contributed by atoms with Crippen molar-refractivity contribution in [2.75, 3.05) is 11.9 Å². The Hall–Kier alpha value is -2.24. The van der Waals surface area contributed by atoms with Crippen molar-refractivity contribution >= 4 is 17.7 Å². The number of nitrogens with zero attached hydrogens (tertiary/aromatic N) is 1. The number of benzene rings is 1. The highest BCUT2D eigenvalue weighted by atomic mass is 16.6. The molecule has 27 heavy (non-hydrogen) atoms. The Bertz CT molecular complexity index is 660. The second kappa shape index (κ2) is 8.19. The third-order valence-corrected chi connectivity index (χ3v) is 4.91. The lowest BCUT2D eigenvalue weighted by molar-refractivity contribution is -0.120. The molecule has 2 amide bonds. The van der Waals surface area contributed by atoms with Gasteiger partial charge in [-0.15, -0.1) is 0 Å².